The van der Waals surface area contributed by atoms with Crippen molar-refractivity contribution in [1.29, 1.82) is 0 Å². The second-order valence-electron chi connectivity index (χ2n) is 4.15. The number of hydrogen-bond acceptors (Lipinski definition) is 3. The van der Waals surface area contributed by atoms with Gasteiger partial charge in [0, 0.05) is 0 Å². The number of rotatable bonds is 7. The quantitative estimate of drug-likeness (QED) is 0.686. The Morgan fingerprint density at radius 2 is 2.25 bits per heavy atom. The predicted molar refractivity (Wildman–Crippen MR) is 67.8 cm³/mol. The summed E-state index contributed by atoms with van der Waals surface area (Å²) < 4.78 is 5.18. The van der Waals surface area contributed by atoms with Crippen LogP contribution in [0.5, 0.6) is 5.75 Å². The van der Waals surface area contributed by atoms with Crippen molar-refractivity contribution in [3.8, 4) is 5.75 Å². The Hall–Kier alpha value is -1.06. The van der Waals surface area contributed by atoms with Crippen LogP contribution in [0.2, 0.25) is 0 Å². The molecule has 0 aromatic heterocycles. The van der Waals surface area contributed by atoms with Crippen LogP contribution in [0.1, 0.15) is 12.5 Å². The number of benzene rings is 1. The minimum absolute atomic E-state index is 0.547. The fourth-order valence-electron chi connectivity index (χ4n) is 1.49. The molecule has 0 spiro atoms. The molecule has 1 unspecified atom stereocenters. The molecule has 90 valence electrons. The lowest BCUT2D eigenvalue weighted by molar-refractivity contribution is 0.414. The zero-order valence-electron chi connectivity index (χ0n) is 10.2. The van der Waals surface area contributed by atoms with Crippen LogP contribution in [0.25, 0.3) is 0 Å². The Balaban J connectivity index is 2.26. The smallest absolute Gasteiger partial charge is 0.119 e. The maximum atomic E-state index is 5.55. The van der Waals surface area contributed by atoms with Gasteiger partial charge in [0.25, 0.3) is 0 Å². The first-order valence-electron chi connectivity index (χ1n) is 5.80. The van der Waals surface area contributed by atoms with E-state index in [0.717, 1.165) is 31.8 Å². The van der Waals surface area contributed by atoms with Gasteiger partial charge in [-0.3, -0.25) is 0 Å². The molecule has 0 aliphatic heterocycles. The van der Waals surface area contributed by atoms with Crippen LogP contribution < -0.4 is 15.8 Å². The minimum Gasteiger partial charge on any atom is -0.497 e. The molecule has 0 aliphatic carbocycles. The van der Waals surface area contributed by atoms with Crippen molar-refractivity contribution in [2.75, 3.05) is 26.7 Å². The number of ether oxygens (including phenoxy) is 1. The van der Waals surface area contributed by atoms with E-state index in [1.165, 1.54) is 5.56 Å². The number of methoxy groups -OCH3 is 1. The third kappa shape index (κ3) is 4.64. The molecule has 1 aromatic rings. The van der Waals surface area contributed by atoms with E-state index >= 15 is 0 Å². The Morgan fingerprint density at radius 1 is 1.44 bits per heavy atom. The maximum absolute atomic E-state index is 5.55. The molecule has 1 aromatic carbocycles. The summed E-state index contributed by atoms with van der Waals surface area (Å²) >= 11 is 0. The van der Waals surface area contributed by atoms with Crippen LogP contribution in [-0.2, 0) is 6.42 Å². The Labute approximate surface area is 98.0 Å². The van der Waals surface area contributed by atoms with Crippen LogP contribution >= 0.6 is 0 Å². The zero-order chi connectivity index (χ0) is 11.8. The van der Waals surface area contributed by atoms with E-state index in [0.29, 0.717) is 5.92 Å². The lowest BCUT2D eigenvalue weighted by Gasteiger charge is -2.10. The SMILES string of the molecule is COc1cccc(CCNCC(C)CN)c1. The molecule has 3 nitrogen and oxygen atoms in total. The Morgan fingerprint density at radius 3 is 2.94 bits per heavy atom. The normalized spacial score (nSPS) is 12.4. The van der Waals surface area contributed by atoms with E-state index < -0.39 is 0 Å². The highest BCUT2D eigenvalue weighted by atomic mass is 16.5. The van der Waals surface area contributed by atoms with Gasteiger partial charge in [-0.25, -0.2) is 0 Å². The second kappa shape index (κ2) is 7.25. The summed E-state index contributed by atoms with van der Waals surface area (Å²) in [5.74, 6) is 1.47. The van der Waals surface area contributed by atoms with Crippen LogP contribution in [0, 0.1) is 5.92 Å². The van der Waals surface area contributed by atoms with Crippen LogP contribution in [0.15, 0.2) is 24.3 Å². The Bertz CT molecular complexity index is 302. The van der Waals surface area contributed by atoms with Crippen LogP contribution in [-0.4, -0.2) is 26.7 Å². The van der Waals surface area contributed by atoms with E-state index in [1.807, 2.05) is 12.1 Å². The summed E-state index contributed by atoms with van der Waals surface area (Å²) in [4.78, 5) is 0. The first kappa shape index (κ1) is 13.0. The van der Waals surface area contributed by atoms with Crippen molar-refractivity contribution < 1.29 is 4.74 Å². The van der Waals surface area contributed by atoms with Gasteiger partial charge in [-0.2, -0.15) is 0 Å². The summed E-state index contributed by atoms with van der Waals surface area (Å²) in [7, 11) is 1.69. The van der Waals surface area contributed by atoms with Crippen LogP contribution in [0.3, 0.4) is 0 Å². The molecular formula is C13H22N2O. The first-order chi connectivity index (χ1) is 7.76. The lowest BCUT2D eigenvalue weighted by atomic mass is 10.1. The van der Waals surface area contributed by atoms with Gasteiger partial charge >= 0.3 is 0 Å². The molecule has 0 amide bonds. The van der Waals surface area contributed by atoms with Crippen molar-refractivity contribution >= 4 is 0 Å². The molecule has 0 saturated carbocycles. The van der Waals surface area contributed by atoms with Gasteiger partial charge in [0.1, 0.15) is 5.75 Å². The fraction of sp³-hybridized carbons (Fsp3) is 0.538. The molecule has 3 heteroatoms. The van der Waals surface area contributed by atoms with Crippen LogP contribution in [0.4, 0.5) is 0 Å². The molecule has 0 heterocycles. The van der Waals surface area contributed by atoms with Gasteiger partial charge in [-0.1, -0.05) is 19.1 Å². The molecule has 0 fully saturated rings. The van der Waals surface area contributed by atoms with Gasteiger partial charge in [-0.15, -0.1) is 0 Å². The highest BCUT2D eigenvalue weighted by molar-refractivity contribution is 5.28. The molecule has 16 heavy (non-hydrogen) atoms. The van der Waals surface area contributed by atoms with Crippen molar-refractivity contribution in [1.82, 2.24) is 5.32 Å². The highest BCUT2D eigenvalue weighted by Crippen LogP contribution is 2.12. The first-order valence-corrected chi connectivity index (χ1v) is 5.80. The van der Waals surface area contributed by atoms with Gasteiger partial charge in [0.2, 0.25) is 0 Å². The topological polar surface area (TPSA) is 47.3 Å². The second-order valence-corrected chi connectivity index (χ2v) is 4.15. The average Bonchev–Trinajstić information content (AvgIpc) is 2.34. The zero-order valence-corrected chi connectivity index (χ0v) is 10.2. The molecule has 0 bridgehead atoms. The summed E-state index contributed by atoms with van der Waals surface area (Å²) in [6.45, 7) is 4.86. The third-order valence-corrected chi connectivity index (χ3v) is 2.62. The molecule has 3 N–H and O–H groups in total. The molecule has 0 radical (unpaired) electrons. The summed E-state index contributed by atoms with van der Waals surface area (Å²) in [6.07, 6.45) is 1.02. The summed E-state index contributed by atoms with van der Waals surface area (Å²) in [5, 5.41) is 3.40. The van der Waals surface area contributed by atoms with E-state index in [1.54, 1.807) is 7.11 Å². The van der Waals surface area contributed by atoms with Crippen molar-refractivity contribution in [3.05, 3.63) is 29.8 Å². The van der Waals surface area contributed by atoms with E-state index in [9.17, 15) is 0 Å². The van der Waals surface area contributed by atoms with Gasteiger partial charge < -0.3 is 15.8 Å². The maximum Gasteiger partial charge on any atom is 0.119 e. The van der Waals surface area contributed by atoms with Gasteiger partial charge in [0.15, 0.2) is 0 Å². The number of nitrogens with two attached hydrogens (primary N) is 1. The van der Waals surface area contributed by atoms with Crippen molar-refractivity contribution in [3.63, 3.8) is 0 Å². The predicted octanol–water partition coefficient (Wildman–Crippen LogP) is 1.42. The van der Waals surface area contributed by atoms with Crippen molar-refractivity contribution in [2.45, 2.75) is 13.3 Å². The van der Waals surface area contributed by atoms with E-state index in [2.05, 4.69) is 24.4 Å². The minimum atomic E-state index is 0.547. The van der Waals surface area contributed by atoms with Gasteiger partial charge in [0.05, 0.1) is 7.11 Å². The number of hydrogen-bond donors (Lipinski definition) is 2. The molecular weight excluding hydrogens is 200 g/mol. The fourth-order valence-corrected chi connectivity index (χ4v) is 1.49. The van der Waals surface area contributed by atoms with E-state index in [4.69, 9.17) is 10.5 Å². The third-order valence-electron chi connectivity index (χ3n) is 2.62. The lowest BCUT2D eigenvalue weighted by Crippen LogP contribution is -2.27. The molecule has 0 saturated heterocycles. The standard InChI is InChI=1S/C13H22N2O/c1-11(9-14)10-15-7-6-12-4-3-5-13(8-12)16-2/h3-5,8,11,15H,6-7,9-10,14H2,1-2H3. The average molecular weight is 222 g/mol. The van der Waals surface area contributed by atoms with E-state index in [-0.39, 0.29) is 0 Å². The molecule has 1 atom stereocenters. The summed E-state index contributed by atoms with van der Waals surface area (Å²) in [6, 6.07) is 8.19. The highest BCUT2D eigenvalue weighted by Gasteiger charge is 1.99. The Kier molecular flexibility index (Phi) is 5.90. The monoisotopic (exact) mass is 222 g/mol. The van der Waals surface area contributed by atoms with Gasteiger partial charge in [-0.05, 0) is 49.7 Å². The summed E-state index contributed by atoms with van der Waals surface area (Å²) in [5.41, 5.74) is 6.85. The van der Waals surface area contributed by atoms with Crippen molar-refractivity contribution in [2.24, 2.45) is 11.7 Å². The number of nitrogens with one attached hydrogen (secondary N) is 1. The molecule has 1 rings (SSSR count). The molecule has 0 aliphatic rings. The largest absolute Gasteiger partial charge is 0.497 e.